The number of nitrogens with zero attached hydrogens (tertiary/aromatic N) is 1. The van der Waals surface area contributed by atoms with Crippen molar-refractivity contribution in [1.82, 2.24) is 0 Å². The van der Waals surface area contributed by atoms with Gasteiger partial charge in [0.2, 0.25) is 0 Å². The third kappa shape index (κ3) is 3.72. The van der Waals surface area contributed by atoms with E-state index in [0.717, 1.165) is 0 Å². The Bertz CT molecular complexity index is 472. The first-order valence-corrected chi connectivity index (χ1v) is 6.59. The fraction of sp³-hybridized carbons (Fsp3) is 0.364. The van der Waals surface area contributed by atoms with Crippen LogP contribution >= 0.6 is 0 Å². The lowest BCUT2D eigenvalue weighted by molar-refractivity contribution is 0.594. The Morgan fingerprint density at radius 1 is 1.40 bits per heavy atom. The molecular formula is C11H13NO2S. The van der Waals surface area contributed by atoms with Crippen molar-refractivity contribution in [1.29, 1.82) is 5.26 Å². The first kappa shape index (κ1) is 11.7. The molecule has 0 bridgehead atoms. The average molecular weight is 223 g/mol. The normalized spacial score (nSPS) is 10.9. The van der Waals surface area contributed by atoms with E-state index in [1.165, 1.54) is 0 Å². The minimum absolute atomic E-state index is 0.0242. The molecule has 0 unspecified atom stereocenters. The van der Waals surface area contributed by atoms with Crippen molar-refractivity contribution in [3.05, 3.63) is 35.4 Å². The van der Waals surface area contributed by atoms with Crippen LogP contribution < -0.4 is 0 Å². The van der Waals surface area contributed by atoms with Gasteiger partial charge in [0.15, 0.2) is 9.84 Å². The van der Waals surface area contributed by atoms with Crippen LogP contribution in [0.15, 0.2) is 24.3 Å². The molecule has 0 aromatic heterocycles. The van der Waals surface area contributed by atoms with E-state index in [2.05, 4.69) is 0 Å². The van der Waals surface area contributed by atoms with Crippen LogP contribution in [-0.4, -0.2) is 14.2 Å². The van der Waals surface area contributed by atoms with E-state index < -0.39 is 9.84 Å². The summed E-state index contributed by atoms with van der Waals surface area (Å²) in [6.45, 7) is 1.84. The van der Waals surface area contributed by atoms with E-state index in [9.17, 15) is 8.42 Å². The van der Waals surface area contributed by atoms with E-state index in [4.69, 9.17) is 5.26 Å². The molecule has 3 nitrogen and oxygen atoms in total. The maximum Gasteiger partial charge on any atom is 0.154 e. The van der Waals surface area contributed by atoms with Crippen molar-refractivity contribution in [2.75, 3.05) is 5.75 Å². The Morgan fingerprint density at radius 2 is 2.13 bits per heavy atom. The predicted octanol–water partition coefficient (Wildman–Crippen LogP) is 1.88. The number of benzene rings is 1. The average Bonchev–Trinajstić information content (AvgIpc) is 2.17. The van der Waals surface area contributed by atoms with Gasteiger partial charge in [-0.1, -0.05) is 19.1 Å². The SMILES string of the molecule is CCCS(=O)(=O)Cc1cccc(C#N)c1. The molecule has 0 aliphatic rings. The van der Waals surface area contributed by atoms with Gasteiger partial charge in [0.1, 0.15) is 0 Å². The molecule has 1 rings (SSSR count). The molecule has 0 amide bonds. The molecule has 1 aromatic carbocycles. The molecule has 15 heavy (non-hydrogen) atoms. The molecule has 0 radical (unpaired) electrons. The standard InChI is InChI=1S/C11H13NO2S/c1-2-6-15(13,14)9-11-5-3-4-10(7-11)8-12/h3-5,7H,2,6,9H2,1H3. The monoisotopic (exact) mass is 223 g/mol. The molecule has 0 atom stereocenters. The minimum atomic E-state index is -3.02. The Balaban J connectivity index is 2.86. The van der Waals surface area contributed by atoms with Gasteiger partial charge >= 0.3 is 0 Å². The van der Waals surface area contributed by atoms with Crippen LogP contribution in [-0.2, 0) is 15.6 Å². The summed E-state index contributed by atoms with van der Waals surface area (Å²) in [7, 11) is -3.02. The largest absolute Gasteiger partial charge is 0.228 e. The highest BCUT2D eigenvalue weighted by Gasteiger charge is 2.10. The van der Waals surface area contributed by atoms with E-state index >= 15 is 0 Å². The lowest BCUT2D eigenvalue weighted by Crippen LogP contribution is -2.08. The van der Waals surface area contributed by atoms with Crippen molar-refractivity contribution in [3.8, 4) is 6.07 Å². The molecule has 80 valence electrons. The molecule has 0 aliphatic carbocycles. The van der Waals surface area contributed by atoms with E-state index in [-0.39, 0.29) is 11.5 Å². The van der Waals surface area contributed by atoms with Crippen LogP contribution in [0.25, 0.3) is 0 Å². The number of nitriles is 1. The van der Waals surface area contributed by atoms with Crippen molar-refractivity contribution in [3.63, 3.8) is 0 Å². The molecule has 1 aromatic rings. The summed E-state index contributed by atoms with van der Waals surface area (Å²) in [6.07, 6.45) is 0.625. The topological polar surface area (TPSA) is 57.9 Å². The van der Waals surface area contributed by atoms with Gasteiger partial charge in [0.05, 0.1) is 23.1 Å². The van der Waals surface area contributed by atoms with E-state index in [1.807, 2.05) is 13.0 Å². The summed E-state index contributed by atoms with van der Waals surface area (Å²) in [6, 6.07) is 8.71. The van der Waals surface area contributed by atoms with Crippen molar-refractivity contribution in [2.45, 2.75) is 19.1 Å². The molecule has 0 spiro atoms. The zero-order chi connectivity index (χ0) is 11.3. The quantitative estimate of drug-likeness (QED) is 0.783. The Kier molecular flexibility index (Phi) is 3.87. The van der Waals surface area contributed by atoms with Gasteiger partial charge in [-0.05, 0) is 24.1 Å². The van der Waals surface area contributed by atoms with Crippen LogP contribution in [0.1, 0.15) is 24.5 Å². The Labute approximate surface area is 90.3 Å². The lowest BCUT2D eigenvalue weighted by atomic mass is 10.2. The molecular weight excluding hydrogens is 210 g/mol. The molecule has 0 saturated heterocycles. The summed E-state index contributed by atoms with van der Waals surface area (Å²) >= 11 is 0. The number of sulfone groups is 1. The molecule has 0 fully saturated rings. The molecule has 0 saturated carbocycles. The van der Waals surface area contributed by atoms with Crippen molar-refractivity contribution >= 4 is 9.84 Å². The highest BCUT2D eigenvalue weighted by molar-refractivity contribution is 7.90. The molecule has 4 heteroatoms. The predicted molar refractivity (Wildman–Crippen MR) is 58.9 cm³/mol. The lowest BCUT2D eigenvalue weighted by Gasteiger charge is -2.02. The van der Waals surface area contributed by atoms with Crippen LogP contribution in [0.2, 0.25) is 0 Å². The summed E-state index contributed by atoms with van der Waals surface area (Å²) in [5.41, 5.74) is 1.18. The summed E-state index contributed by atoms with van der Waals surface area (Å²) in [5.74, 6) is 0.222. The summed E-state index contributed by atoms with van der Waals surface area (Å²) < 4.78 is 23.0. The van der Waals surface area contributed by atoms with Crippen molar-refractivity contribution in [2.24, 2.45) is 0 Å². The second-order valence-corrected chi connectivity index (χ2v) is 5.59. The van der Waals surface area contributed by atoms with Gasteiger partial charge < -0.3 is 0 Å². The highest BCUT2D eigenvalue weighted by atomic mass is 32.2. The third-order valence-corrected chi connectivity index (χ3v) is 3.76. The first-order valence-electron chi connectivity index (χ1n) is 4.77. The summed E-state index contributed by atoms with van der Waals surface area (Å²) in [4.78, 5) is 0. The second kappa shape index (κ2) is 4.94. The zero-order valence-electron chi connectivity index (χ0n) is 8.60. The zero-order valence-corrected chi connectivity index (χ0v) is 9.42. The molecule has 0 N–H and O–H groups in total. The highest BCUT2D eigenvalue weighted by Crippen LogP contribution is 2.09. The van der Waals surface area contributed by atoms with Gasteiger partial charge in [0.25, 0.3) is 0 Å². The van der Waals surface area contributed by atoms with Gasteiger partial charge in [-0.15, -0.1) is 0 Å². The van der Waals surface area contributed by atoms with Crippen LogP contribution in [0.5, 0.6) is 0 Å². The molecule has 0 heterocycles. The van der Waals surface area contributed by atoms with Gasteiger partial charge in [0, 0.05) is 0 Å². The van der Waals surface area contributed by atoms with Gasteiger partial charge in [-0.2, -0.15) is 5.26 Å². The summed E-state index contributed by atoms with van der Waals surface area (Å²) in [5, 5.41) is 8.66. The second-order valence-electron chi connectivity index (χ2n) is 3.40. The fourth-order valence-electron chi connectivity index (χ4n) is 1.37. The smallest absolute Gasteiger partial charge is 0.154 e. The Morgan fingerprint density at radius 3 is 2.73 bits per heavy atom. The fourth-order valence-corrected chi connectivity index (χ4v) is 2.82. The number of hydrogen-bond donors (Lipinski definition) is 0. The third-order valence-electron chi connectivity index (χ3n) is 1.96. The van der Waals surface area contributed by atoms with E-state index in [0.29, 0.717) is 17.5 Å². The van der Waals surface area contributed by atoms with Crippen LogP contribution in [0.3, 0.4) is 0 Å². The first-order chi connectivity index (χ1) is 7.07. The van der Waals surface area contributed by atoms with Crippen molar-refractivity contribution < 1.29 is 8.42 Å². The van der Waals surface area contributed by atoms with Gasteiger partial charge in [-0.25, -0.2) is 8.42 Å². The maximum absolute atomic E-state index is 11.5. The van der Waals surface area contributed by atoms with Crippen LogP contribution in [0.4, 0.5) is 0 Å². The van der Waals surface area contributed by atoms with Crippen LogP contribution in [0, 0.1) is 11.3 Å². The maximum atomic E-state index is 11.5. The minimum Gasteiger partial charge on any atom is -0.228 e. The Hall–Kier alpha value is -1.34. The van der Waals surface area contributed by atoms with E-state index in [1.54, 1.807) is 24.3 Å². The van der Waals surface area contributed by atoms with Gasteiger partial charge in [-0.3, -0.25) is 0 Å². The molecule has 0 aliphatic heterocycles. The number of rotatable bonds is 4. The number of hydrogen-bond acceptors (Lipinski definition) is 3.